The second-order valence-electron chi connectivity index (χ2n) is 4.41. The Morgan fingerprint density at radius 1 is 1.17 bits per heavy atom. The summed E-state index contributed by atoms with van der Waals surface area (Å²) in [6, 6.07) is 10.2. The van der Waals surface area contributed by atoms with Gasteiger partial charge < -0.3 is 5.32 Å². The summed E-state index contributed by atoms with van der Waals surface area (Å²) < 4.78 is 0. The molecule has 3 heteroatoms. The van der Waals surface area contributed by atoms with Gasteiger partial charge in [-0.3, -0.25) is 4.98 Å². The van der Waals surface area contributed by atoms with E-state index in [0.717, 1.165) is 21.8 Å². The van der Waals surface area contributed by atoms with Gasteiger partial charge in [0.2, 0.25) is 0 Å². The molecular weight excluding hydrogens is 244 g/mol. The van der Waals surface area contributed by atoms with E-state index in [-0.39, 0.29) is 6.04 Å². The first kappa shape index (κ1) is 13.1. The lowest BCUT2D eigenvalue weighted by Crippen LogP contribution is -2.19. The minimum atomic E-state index is 0.122. The van der Waals surface area contributed by atoms with E-state index in [4.69, 9.17) is 11.6 Å². The maximum atomic E-state index is 6.18. The van der Waals surface area contributed by atoms with Crippen molar-refractivity contribution < 1.29 is 0 Å². The molecule has 1 atom stereocenters. The van der Waals surface area contributed by atoms with Crippen LogP contribution in [-0.4, -0.2) is 12.0 Å². The Labute approximate surface area is 113 Å². The molecule has 1 aromatic carbocycles. The van der Waals surface area contributed by atoms with Gasteiger partial charge in [-0.15, -0.1) is 0 Å². The predicted molar refractivity (Wildman–Crippen MR) is 76.1 cm³/mol. The molecule has 1 aromatic heterocycles. The molecule has 2 aromatic rings. The summed E-state index contributed by atoms with van der Waals surface area (Å²) in [7, 11) is 1.95. The largest absolute Gasteiger partial charge is 0.309 e. The third-order valence-electron chi connectivity index (χ3n) is 3.18. The Balaban J connectivity index is 2.45. The molecule has 0 radical (unpaired) electrons. The Kier molecular flexibility index (Phi) is 4.00. The van der Waals surface area contributed by atoms with Gasteiger partial charge in [-0.05, 0) is 49.7 Å². The average Bonchev–Trinajstić information content (AvgIpc) is 2.37. The first-order valence-electron chi connectivity index (χ1n) is 5.98. The minimum Gasteiger partial charge on any atom is -0.309 e. The summed E-state index contributed by atoms with van der Waals surface area (Å²) in [4.78, 5) is 4.35. The molecule has 0 spiro atoms. The number of aryl methyl sites for hydroxylation is 1. The van der Waals surface area contributed by atoms with Crippen molar-refractivity contribution in [3.8, 4) is 0 Å². The summed E-state index contributed by atoms with van der Waals surface area (Å²) in [6.45, 7) is 4.03. The first-order chi connectivity index (χ1) is 8.63. The number of aromatic nitrogens is 1. The van der Waals surface area contributed by atoms with E-state index in [0.29, 0.717) is 0 Å². The molecule has 0 fully saturated rings. The first-order valence-corrected chi connectivity index (χ1v) is 6.36. The number of nitrogens with zero attached hydrogens (tertiary/aromatic N) is 1. The van der Waals surface area contributed by atoms with E-state index < -0.39 is 0 Å². The van der Waals surface area contributed by atoms with Crippen LogP contribution in [0.5, 0.6) is 0 Å². The molecule has 0 aliphatic carbocycles. The van der Waals surface area contributed by atoms with E-state index in [1.54, 1.807) is 0 Å². The van der Waals surface area contributed by atoms with Crippen molar-refractivity contribution in [2.24, 2.45) is 0 Å². The molecule has 94 valence electrons. The van der Waals surface area contributed by atoms with E-state index >= 15 is 0 Å². The van der Waals surface area contributed by atoms with Crippen LogP contribution in [0, 0.1) is 13.8 Å². The molecule has 1 unspecified atom stereocenters. The van der Waals surface area contributed by atoms with Crippen molar-refractivity contribution in [3.63, 3.8) is 0 Å². The van der Waals surface area contributed by atoms with Crippen molar-refractivity contribution in [2.75, 3.05) is 7.05 Å². The maximum absolute atomic E-state index is 6.18. The Morgan fingerprint density at radius 3 is 2.56 bits per heavy atom. The summed E-state index contributed by atoms with van der Waals surface area (Å²) >= 11 is 6.18. The Bertz CT molecular complexity index is 535. The van der Waals surface area contributed by atoms with Gasteiger partial charge >= 0.3 is 0 Å². The van der Waals surface area contributed by atoms with Crippen LogP contribution < -0.4 is 5.32 Å². The molecule has 0 aliphatic rings. The highest BCUT2D eigenvalue weighted by molar-refractivity contribution is 6.31. The highest BCUT2D eigenvalue weighted by Crippen LogP contribution is 2.28. The van der Waals surface area contributed by atoms with Crippen molar-refractivity contribution in [1.29, 1.82) is 0 Å². The van der Waals surface area contributed by atoms with Gasteiger partial charge in [0.25, 0.3) is 0 Å². The molecule has 1 N–H and O–H groups in total. The summed E-state index contributed by atoms with van der Waals surface area (Å²) in [5.74, 6) is 0. The fourth-order valence-corrected chi connectivity index (χ4v) is 2.27. The van der Waals surface area contributed by atoms with Crippen LogP contribution in [0.2, 0.25) is 5.02 Å². The van der Waals surface area contributed by atoms with Crippen molar-refractivity contribution in [2.45, 2.75) is 19.9 Å². The Morgan fingerprint density at radius 2 is 1.94 bits per heavy atom. The lowest BCUT2D eigenvalue weighted by atomic mass is 9.96. The summed E-state index contributed by atoms with van der Waals surface area (Å²) in [6.07, 6.45) is 1.91. The number of pyridine rings is 1. The number of hydrogen-bond acceptors (Lipinski definition) is 2. The van der Waals surface area contributed by atoms with Gasteiger partial charge in [0.1, 0.15) is 0 Å². The van der Waals surface area contributed by atoms with Crippen LogP contribution in [0.3, 0.4) is 0 Å². The van der Waals surface area contributed by atoms with E-state index in [9.17, 15) is 0 Å². The smallest absolute Gasteiger partial charge is 0.0592 e. The highest BCUT2D eigenvalue weighted by Gasteiger charge is 2.15. The number of rotatable bonds is 3. The fourth-order valence-electron chi connectivity index (χ4n) is 2.09. The van der Waals surface area contributed by atoms with Crippen molar-refractivity contribution in [3.05, 3.63) is 63.9 Å². The normalized spacial score (nSPS) is 12.4. The lowest BCUT2D eigenvalue weighted by molar-refractivity contribution is 0.684. The van der Waals surface area contributed by atoms with Crippen molar-refractivity contribution >= 4 is 11.6 Å². The van der Waals surface area contributed by atoms with Crippen LogP contribution in [-0.2, 0) is 0 Å². The van der Waals surface area contributed by atoms with Gasteiger partial charge in [-0.1, -0.05) is 29.8 Å². The number of hydrogen-bond donors (Lipinski definition) is 1. The summed E-state index contributed by atoms with van der Waals surface area (Å²) in [5.41, 5.74) is 4.47. The van der Waals surface area contributed by atoms with Gasteiger partial charge in [0, 0.05) is 16.9 Å². The number of benzene rings is 1. The molecule has 0 aliphatic heterocycles. The Hall–Kier alpha value is -1.38. The number of halogens is 1. The van der Waals surface area contributed by atoms with E-state index in [1.807, 2.05) is 45.3 Å². The zero-order valence-corrected chi connectivity index (χ0v) is 11.6. The second kappa shape index (κ2) is 5.51. The molecule has 0 saturated heterocycles. The van der Waals surface area contributed by atoms with Crippen LogP contribution in [0.1, 0.15) is 28.4 Å². The molecule has 0 saturated carbocycles. The van der Waals surface area contributed by atoms with Crippen molar-refractivity contribution in [1.82, 2.24) is 10.3 Å². The highest BCUT2D eigenvalue weighted by atomic mass is 35.5. The molecule has 2 nitrogen and oxygen atoms in total. The topological polar surface area (TPSA) is 24.9 Å². The quantitative estimate of drug-likeness (QED) is 0.911. The maximum Gasteiger partial charge on any atom is 0.0592 e. The SMILES string of the molecule is CNC(c1ccc(C)nc1)c1cccc(Cl)c1C. The molecular formula is C15H17ClN2. The third-order valence-corrected chi connectivity index (χ3v) is 3.59. The van der Waals surface area contributed by atoms with Crippen LogP contribution in [0.25, 0.3) is 0 Å². The van der Waals surface area contributed by atoms with Gasteiger partial charge in [0.05, 0.1) is 6.04 Å². The third kappa shape index (κ3) is 2.55. The van der Waals surface area contributed by atoms with Gasteiger partial charge in [-0.2, -0.15) is 0 Å². The van der Waals surface area contributed by atoms with Crippen LogP contribution in [0.4, 0.5) is 0 Å². The molecule has 18 heavy (non-hydrogen) atoms. The number of nitrogens with one attached hydrogen (secondary N) is 1. The average molecular weight is 261 g/mol. The fraction of sp³-hybridized carbons (Fsp3) is 0.267. The lowest BCUT2D eigenvalue weighted by Gasteiger charge is -2.19. The van der Waals surface area contributed by atoms with Gasteiger partial charge in [-0.25, -0.2) is 0 Å². The molecule has 0 bridgehead atoms. The molecule has 0 amide bonds. The predicted octanol–water partition coefficient (Wildman–Crippen LogP) is 3.66. The van der Waals surface area contributed by atoms with Crippen LogP contribution >= 0.6 is 11.6 Å². The van der Waals surface area contributed by atoms with Gasteiger partial charge in [0.15, 0.2) is 0 Å². The minimum absolute atomic E-state index is 0.122. The monoisotopic (exact) mass is 260 g/mol. The van der Waals surface area contributed by atoms with E-state index in [2.05, 4.69) is 22.4 Å². The zero-order chi connectivity index (χ0) is 13.1. The van der Waals surface area contributed by atoms with Crippen LogP contribution in [0.15, 0.2) is 36.5 Å². The molecule has 1 heterocycles. The standard InChI is InChI=1S/C15H17ClN2/c1-10-7-8-12(9-18-10)15(17-3)13-5-4-6-14(16)11(13)2/h4-9,15,17H,1-3H3. The summed E-state index contributed by atoms with van der Waals surface area (Å²) in [5, 5.41) is 4.12. The zero-order valence-electron chi connectivity index (χ0n) is 10.9. The van der Waals surface area contributed by atoms with E-state index in [1.165, 1.54) is 5.56 Å². The molecule has 2 rings (SSSR count). The second-order valence-corrected chi connectivity index (χ2v) is 4.82.